The lowest BCUT2D eigenvalue weighted by Crippen LogP contribution is -1.95. The molecule has 19 heavy (non-hydrogen) atoms. The van der Waals surface area contributed by atoms with E-state index < -0.39 is 0 Å². The SMILES string of the molecule is Cc1cc(Nc2cccc3ccncc23)ncc1Br. The van der Waals surface area contributed by atoms with E-state index in [2.05, 4.69) is 37.3 Å². The molecule has 0 saturated carbocycles. The number of hydrogen-bond donors (Lipinski definition) is 1. The van der Waals surface area contributed by atoms with Crippen molar-refractivity contribution in [3.63, 3.8) is 0 Å². The molecule has 0 saturated heterocycles. The zero-order valence-electron chi connectivity index (χ0n) is 10.4. The van der Waals surface area contributed by atoms with Gasteiger partial charge in [0.15, 0.2) is 0 Å². The summed E-state index contributed by atoms with van der Waals surface area (Å²) < 4.78 is 1.01. The van der Waals surface area contributed by atoms with Gasteiger partial charge in [-0.2, -0.15) is 0 Å². The second-order valence-corrected chi connectivity index (χ2v) is 5.20. The molecule has 0 aliphatic rings. The van der Waals surface area contributed by atoms with E-state index in [1.807, 2.05) is 37.4 Å². The number of benzene rings is 1. The lowest BCUT2D eigenvalue weighted by Gasteiger charge is -2.09. The average molecular weight is 314 g/mol. The third-order valence-corrected chi connectivity index (χ3v) is 3.82. The maximum atomic E-state index is 4.36. The molecule has 94 valence electrons. The van der Waals surface area contributed by atoms with Gasteiger partial charge in [-0.1, -0.05) is 12.1 Å². The Kier molecular flexibility index (Phi) is 3.17. The summed E-state index contributed by atoms with van der Waals surface area (Å²) >= 11 is 3.45. The molecular weight excluding hydrogens is 302 g/mol. The Bertz CT molecular complexity index is 735. The minimum absolute atomic E-state index is 0.831. The topological polar surface area (TPSA) is 37.8 Å². The van der Waals surface area contributed by atoms with E-state index in [1.165, 1.54) is 0 Å². The molecule has 1 N–H and O–H groups in total. The third kappa shape index (κ3) is 2.44. The number of fused-ring (bicyclic) bond motifs is 1. The Balaban J connectivity index is 2.03. The van der Waals surface area contributed by atoms with Gasteiger partial charge in [0.05, 0.1) is 0 Å². The lowest BCUT2D eigenvalue weighted by molar-refractivity contribution is 1.25. The Labute approximate surface area is 119 Å². The Morgan fingerprint density at radius 3 is 2.89 bits per heavy atom. The smallest absolute Gasteiger partial charge is 0.130 e. The molecule has 3 rings (SSSR count). The van der Waals surface area contributed by atoms with Gasteiger partial charge in [-0.05, 0) is 52.0 Å². The number of halogens is 1. The summed E-state index contributed by atoms with van der Waals surface area (Å²) in [5.41, 5.74) is 2.16. The van der Waals surface area contributed by atoms with Crippen LogP contribution in [-0.4, -0.2) is 9.97 Å². The van der Waals surface area contributed by atoms with Crippen molar-refractivity contribution in [2.24, 2.45) is 0 Å². The second kappa shape index (κ2) is 4.97. The van der Waals surface area contributed by atoms with Crippen LogP contribution in [0, 0.1) is 6.92 Å². The van der Waals surface area contributed by atoms with E-state index in [9.17, 15) is 0 Å². The van der Waals surface area contributed by atoms with E-state index in [0.717, 1.165) is 32.3 Å². The first-order chi connectivity index (χ1) is 9.24. The van der Waals surface area contributed by atoms with E-state index in [0.29, 0.717) is 0 Å². The van der Waals surface area contributed by atoms with Crippen LogP contribution >= 0.6 is 15.9 Å². The first-order valence-electron chi connectivity index (χ1n) is 5.96. The van der Waals surface area contributed by atoms with Crippen molar-refractivity contribution >= 4 is 38.2 Å². The van der Waals surface area contributed by atoms with Crippen molar-refractivity contribution in [3.05, 3.63) is 59.0 Å². The summed E-state index contributed by atoms with van der Waals surface area (Å²) in [5, 5.41) is 5.59. The zero-order valence-corrected chi connectivity index (χ0v) is 12.0. The maximum absolute atomic E-state index is 4.36. The van der Waals surface area contributed by atoms with E-state index in [4.69, 9.17) is 0 Å². The van der Waals surface area contributed by atoms with Crippen molar-refractivity contribution in [2.45, 2.75) is 6.92 Å². The first-order valence-corrected chi connectivity index (χ1v) is 6.75. The molecule has 0 spiro atoms. The van der Waals surface area contributed by atoms with Crippen LogP contribution in [0.4, 0.5) is 11.5 Å². The summed E-state index contributed by atoms with van der Waals surface area (Å²) in [6.07, 6.45) is 5.47. The van der Waals surface area contributed by atoms with Crippen LogP contribution in [0.15, 0.2) is 53.4 Å². The summed E-state index contributed by atoms with van der Waals surface area (Å²) in [4.78, 5) is 8.54. The number of nitrogens with zero attached hydrogens (tertiary/aromatic N) is 2. The molecular formula is C15H12BrN3. The number of nitrogens with one attached hydrogen (secondary N) is 1. The van der Waals surface area contributed by atoms with Gasteiger partial charge in [-0.25, -0.2) is 4.98 Å². The van der Waals surface area contributed by atoms with Gasteiger partial charge in [0, 0.05) is 34.1 Å². The van der Waals surface area contributed by atoms with Crippen LogP contribution in [0.25, 0.3) is 10.8 Å². The number of hydrogen-bond acceptors (Lipinski definition) is 3. The predicted octanol–water partition coefficient (Wildman–Crippen LogP) is 4.44. The molecule has 0 radical (unpaired) electrons. The summed E-state index contributed by atoms with van der Waals surface area (Å²) in [6.45, 7) is 2.04. The highest BCUT2D eigenvalue weighted by Gasteiger charge is 2.03. The molecule has 0 bridgehead atoms. The minimum Gasteiger partial charge on any atom is -0.340 e. The fraction of sp³-hybridized carbons (Fsp3) is 0.0667. The monoisotopic (exact) mass is 313 g/mol. The molecule has 0 amide bonds. The summed E-state index contributed by atoms with van der Waals surface area (Å²) in [5.74, 6) is 0.831. The van der Waals surface area contributed by atoms with Gasteiger partial charge in [-0.3, -0.25) is 4.98 Å². The fourth-order valence-corrected chi connectivity index (χ4v) is 2.18. The van der Waals surface area contributed by atoms with Crippen LogP contribution in [0.3, 0.4) is 0 Å². The second-order valence-electron chi connectivity index (χ2n) is 4.35. The van der Waals surface area contributed by atoms with E-state index in [1.54, 1.807) is 12.4 Å². The summed E-state index contributed by atoms with van der Waals surface area (Å²) in [6, 6.07) is 10.1. The number of aryl methyl sites for hydroxylation is 1. The van der Waals surface area contributed by atoms with Gasteiger partial charge in [0.1, 0.15) is 5.82 Å². The van der Waals surface area contributed by atoms with E-state index >= 15 is 0 Å². The molecule has 0 aliphatic carbocycles. The lowest BCUT2D eigenvalue weighted by atomic mass is 10.1. The molecule has 1 aromatic carbocycles. The van der Waals surface area contributed by atoms with Gasteiger partial charge in [0.2, 0.25) is 0 Å². The third-order valence-electron chi connectivity index (χ3n) is 2.99. The number of anilines is 2. The highest BCUT2D eigenvalue weighted by Crippen LogP contribution is 2.26. The molecule has 0 atom stereocenters. The predicted molar refractivity (Wildman–Crippen MR) is 81.7 cm³/mol. The Morgan fingerprint density at radius 1 is 1.16 bits per heavy atom. The molecule has 2 heterocycles. The van der Waals surface area contributed by atoms with E-state index in [-0.39, 0.29) is 0 Å². The number of pyridine rings is 2. The Hall–Kier alpha value is -1.94. The van der Waals surface area contributed by atoms with Crippen LogP contribution in [-0.2, 0) is 0 Å². The van der Waals surface area contributed by atoms with Crippen molar-refractivity contribution in [1.82, 2.24) is 9.97 Å². The van der Waals surface area contributed by atoms with Gasteiger partial charge in [0.25, 0.3) is 0 Å². The minimum atomic E-state index is 0.831. The molecule has 3 aromatic rings. The molecule has 2 aromatic heterocycles. The number of aromatic nitrogens is 2. The normalized spacial score (nSPS) is 10.6. The van der Waals surface area contributed by atoms with Gasteiger partial charge < -0.3 is 5.32 Å². The largest absolute Gasteiger partial charge is 0.340 e. The molecule has 0 aliphatic heterocycles. The quantitative estimate of drug-likeness (QED) is 0.759. The van der Waals surface area contributed by atoms with Gasteiger partial charge in [-0.15, -0.1) is 0 Å². The van der Waals surface area contributed by atoms with Crippen LogP contribution < -0.4 is 5.32 Å². The highest BCUT2D eigenvalue weighted by molar-refractivity contribution is 9.10. The van der Waals surface area contributed by atoms with Crippen molar-refractivity contribution < 1.29 is 0 Å². The first kappa shape index (κ1) is 12.1. The molecule has 4 heteroatoms. The van der Waals surface area contributed by atoms with Crippen molar-refractivity contribution in [3.8, 4) is 0 Å². The van der Waals surface area contributed by atoms with Crippen molar-refractivity contribution in [2.75, 3.05) is 5.32 Å². The zero-order chi connectivity index (χ0) is 13.2. The van der Waals surface area contributed by atoms with Crippen molar-refractivity contribution in [1.29, 1.82) is 0 Å². The van der Waals surface area contributed by atoms with Crippen LogP contribution in [0.5, 0.6) is 0 Å². The van der Waals surface area contributed by atoms with Gasteiger partial charge >= 0.3 is 0 Å². The van der Waals surface area contributed by atoms with Crippen LogP contribution in [0.2, 0.25) is 0 Å². The highest BCUT2D eigenvalue weighted by atomic mass is 79.9. The number of rotatable bonds is 2. The molecule has 0 unspecified atom stereocenters. The fourth-order valence-electron chi connectivity index (χ4n) is 1.97. The van der Waals surface area contributed by atoms with Crippen LogP contribution in [0.1, 0.15) is 5.56 Å². The standard InChI is InChI=1S/C15H12BrN3/c1-10-7-15(18-9-13(10)16)19-14-4-2-3-11-5-6-17-8-12(11)14/h2-9H,1H3,(H,18,19). The molecule has 0 fully saturated rings. The average Bonchev–Trinajstić information content (AvgIpc) is 2.43. The molecule has 3 nitrogen and oxygen atoms in total. The summed E-state index contributed by atoms with van der Waals surface area (Å²) in [7, 11) is 0. The Morgan fingerprint density at radius 2 is 2.05 bits per heavy atom. The maximum Gasteiger partial charge on any atom is 0.130 e.